The van der Waals surface area contributed by atoms with Gasteiger partial charge in [0.15, 0.2) is 0 Å². The third-order valence-corrected chi connectivity index (χ3v) is 3.98. The Morgan fingerprint density at radius 3 is 2.29 bits per heavy atom. The van der Waals surface area contributed by atoms with E-state index >= 15 is 0 Å². The Morgan fingerprint density at radius 1 is 1.11 bits per heavy atom. The van der Waals surface area contributed by atoms with Crippen molar-refractivity contribution in [3.63, 3.8) is 0 Å². The molecule has 5 nitrogen and oxygen atoms in total. The Hall–Kier alpha value is -2.81. The van der Waals surface area contributed by atoms with E-state index in [2.05, 4.69) is 10.1 Å². The first-order valence-corrected chi connectivity index (χ1v) is 8.33. The Bertz CT molecular complexity index is 862. The number of urea groups is 1. The molecule has 2 N–H and O–H groups in total. The molecule has 2 amide bonds. The van der Waals surface area contributed by atoms with E-state index in [0.717, 1.165) is 30.3 Å². The summed E-state index contributed by atoms with van der Waals surface area (Å²) in [6, 6.07) is 7.79. The molecule has 0 bridgehead atoms. The van der Waals surface area contributed by atoms with E-state index < -0.39 is 35.1 Å². The SMILES string of the molecule is CCOC(=O)[C@@](NC(=O)Nc1ccc(F)c(Cl)c1)(c1ccccc1)C(F)(F)F. The lowest BCUT2D eigenvalue weighted by atomic mass is 9.89. The summed E-state index contributed by atoms with van der Waals surface area (Å²) in [6.45, 7) is 1.00. The second-order valence-electron chi connectivity index (χ2n) is 5.54. The Balaban J connectivity index is 2.44. The second kappa shape index (κ2) is 8.47. The fraction of sp³-hybridized carbons (Fsp3) is 0.222. The van der Waals surface area contributed by atoms with E-state index in [0.29, 0.717) is 0 Å². The van der Waals surface area contributed by atoms with Gasteiger partial charge in [-0.2, -0.15) is 13.2 Å². The molecule has 0 saturated heterocycles. The summed E-state index contributed by atoms with van der Waals surface area (Å²) in [5, 5.41) is 3.42. The van der Waals surface area contributed by atoms with Crippen molar-refractivity contribution in [1.29, 1.82) is 0 Å². The molecule has 0 unspecified atom stereocenters. The lowest BCUT2D eigenvalue weighted by Gasteiger charge is -2.34. The van der Waals surface area contributed by atoms with Crippen molar-refractivity contribution in [3.05, 3.63) is 64.9 Å². The van der Waals surface area contributed by atoms with Gasteiger partial charge in [0.25, 0.3) is 5.54 Å². The maximum absolute atomic E-state index is 14.0. The summed E-state index contributed by atoms with van der Waals surface area (Å²) in [5.74, 6) is -2.46. The minimum absolute atomic E-state index is 0.0723. The van der Waals surface area contributed by atoms with Crippen LogP contribution in [-0.4, -0.2) is 24.8 Å². The zero-order chi connectivity index (χ0) is 20.9. The number of anilines is 1. The first-order chi connectivity index (χ1) is 13.1. The van der Waals surface area contributed by atoms with Crippen LogP contribution in [0.3, 0.4) is 0 Å². The quantitative estimate of drug-likeness (QED) is 0.550. The summed E-state index contributed by atoms with van der Waals surface area (Å²) in [7, 11) is 0. The molecular weight excluding hydrogens is 404 g/mol. The van der Waals surface area contributed by atoms with Crippen LogP contribution in [0, 0.1) is 5.82 Å². The first-order valence-electron chi connectivity index (χ1n) is 7.95. The number of rotatable bonds is 5. The van der Waals surface area contributed by atoms with Crippen molar-refractivity contribution in [2.45, 2.75) is 18.6 Å². The van der Waals surface area contributed by atoms with Crippen LogP contribution in [0.2, 0.25) is 5.02 Å². The molecule has 28 heavy (non-hydrogen) atoms. The van der Waals surface area contributed by atoms with Crippen LogP contribution in [0.1, 0.15) is 12.5 Å². The van der Waals surface area contributed by atoms with Crippen molar-refractivity contribution in [3.8, 4) is 0 Å². The van der Waals surface area contributed by atoms with Crippen LogP contribution in [-0.2, 0) is 15.1 Å². The van der Waals surface area contributed by atoms with Gasteiger partial charge in [-0.15, -0.1) is 0 Å². The highest BCUT2D eigenvalue weighted by Crippen LogP contribution is 2.40. The van der Waals surface area contributed by atoms with Crippen LogP contribution >= 0.6 is 11.6 Å². The van der Waals surface area contributed by atoms with E-state index in [4.69, 9.17) is 11.6 Å². The third kappa shape index (κ3) is 4.36. The zero-order valence-corrected chi connectivity index (χ0v) is 15.2. The fourth-order valence-electron chi connectivity index (χ4n) is 2.43. The van der Waals surface area contributed by atoms with Gasteiger partial charge in [-0.25, -0.2) is 14.0 Å². The molecule has 150 valence electrons. The van der Waals surface area contributed by atoms with Gasteiger partial charge in [0.1, 0.15) is 5.82 Å². The van der Waals surface area contributed by atoms with Gasteiger partial charge < -0.3 is 15.4 Å². The number of alkyl halides is 3. The molecule has 0 saturated carbocycles. The maximum atomic E-state index is 14.0. The largest absolute Gasteiger partial charge is 0.464 e. The van der Waals surface area contributed by atoms with Crippen molar-refractivity contribution >= 4 is 29.3 Å². The molecule has 0 aliphatic carbocycles. The lowest BCUT2D eigenvalue weighted by molar-refractivity contribution is -0.213. The summed E-state index contributed by atoms with van der Waals surface area (Å²) >= 11 is 5.59. The van der Waals surface area contributed by atoms with Crippen LogP contribution < -0.4 is 10.6 Å². The number of hydrogen-bond donors (Lipinski definition) is 2. The number of amides is 2. The monoisotopic (exact) mass is 418 g/mol. The molecule has 0 aliphatic rings. The topological polar surface area (TPSA) is 67.4 Å². The predicted octanol–water partition coefficient (Wildman–Crippen LogP) is 4.62. The number of halogens is 5. The van der Waals surface area contributed by atoms with E-state index in [-0.39, 0.29) is 17.3 Å². The van der Waals surface area contributed by atoms with Crippen molar-refractivity contribution in [2.75, 3.05) is 11.9 Å². The van der Waals surface area contributed by atoms with Gasteiger partial charge in [-0.05, 0) is 30.7 Å². The molecule has 0 spiro atoms. The number of ether oxygens (including phenoxy) is 1. The van der Waals surface area contributed by atoms with E-state index in [1.54, 1.807) is 5.32 Å². The number of carbonyl (C=O) groups excluding carboxylic acids is 2. The van der Waals surface area contributed by atoms with Crippen molar-refractivity contribution < 1.29 is 31.9 Å². The molecular formula is C18H15ClF4N2O3. The van der Waals surface area contributed by atoms with Crippen LogP contribution in [0.5, 0.6) is 0 Å². The molecule has 10 heteroatoms. The molecule has 2 rings (SSSR count). The minimum Gasteiger partial charge on any atom is -0.464 e. The maximum Gasteiger partial charge on any atom is 0.426 e. The summed E-state index contributed by atoms with van der Waals surface area (Å²) in [6.07, 6.45) is -5.22. The highest BCUT2D eigenvalue weighted by molar-refractivity contribution is 6.31. The molecule has 0 radical (unpaired) electrons. The summed E-state index contributed by atoms with van der Waals surface area (Å²) < 4.78 is 59.9. The van der Waals surface area contributed by atoms with Crippen molar-refractivity contribution in [2.24, 2.45) is 0 Å². The smallest absolute Gasteiger partial charge is 0.426 e. The second-order valence-corrected chi connectivity index (χ2v) is 5.95. The number of carbonyl (C=O) groups is 2. The normalized spacial score (nSPS) is 13.4. The third-order valence-electron chi connectivity index (χ3n) is 3.69. The van der Waals surface area contributed by atoms with Crippen LogP contribution in [0.15, 0.2) is 48.5 Å². The zero-order valence-electron chi connectivity index (χ0n) is 14.4. The Labute approximate surface area is 162 Å². The molecule has 0 heterocycles. The van der Waals surface area contributed by atoms with Crippen LogP contribution in [0.25, 0.3) is 0 Å². The van der Waals surface area contributed by atoms with Gasteiger partial charge in [0, 0.05) is 5.69 Å². The van der Waals surface area contributed by atoms with E-state index in [9.17, 15) is 27.2 Å². The van der Waals surface area contributed by atoms with Gasteiger partial charge >= 0.3 is 18.2 Å². The van der Waals surface area contributed by atoms with Gasteiger partial charge in [-0.1, -0.05) is 41.9 Å². The van der Waals surface area contributed by atoms with Gasteiger partial charge in [0.2, 0.25) is 0 Å². The predicted molar refractivity (Wildman–Crippen MR) is 94.4 cm³/mol. The van der Waals surface area contributed by atoms with E-state index in [1.165, 1.54) is 25.1 Å². The van der Waals surface area contributed by atoms with Crippen molar-refractivity contribution in [1.82, 2.24) is 5.32 Å². The number of benzene rings is 2. The van der Waals surface area contributed by atoms with Gasteiger partial charge in [0.05, 0.1) is 11.6 Å². The summed E-state index contributed by atoms with van der Waals surface area (Å²) in [5.41, 5.74) is -4.05. The molecule has 0 aliphatic heterocycles. The minimum atomic E-state index is -5.22. The van der Waals surface area contributed by atoms with E-state index in [1.807, 2.05) is 0 Å². The van der Waals surface area contributed by atoms with Gasteiger partial charge in [-0.3, -0.25) is 0 Å². The average molecular weight is 419 g/mol. The summed E-state index contributed by atoms with van der Waals surface area (Å²) in [4.78, 5) is 24.6. The Morgan fingerprint density at radius 2 is 1.75 bits per heavy atom. The molecule has 2 aromatic carbocycles. The standard InChI is InChI=1S/C18H15ClF4N2O3/c1-2-28-15(26)17(18(21,22)23,11-6-4-3-5-7-11)25-16(27)24-12-8-9-14(20)13(19)10-12/h3-10H,2H2,1H3,(H2,24,25,27)/t17-/m0/s1. The average Bonchev–Trinajstić information content (AvgIpc) is 2.62. The molecule has 0 fully saturated rings. The number of nitrogens with one attached hydrogen (secondary N) is 2. The first kappa shape index (κ1) is 21.5. The molecule has 1 atom stereocenters. The Kier molecular flexibility index (Phi) is 6.50. The number of esters is 1. The number of hydrogen-bond acceptors (Lipinski definition) is 3. The molecule has 0 aromatic heterocycles. The lowest BCUT2D eigenvalue weighted by Crippen LogP contribution is -2.62. The molecule has 2 aromatic rings. The fourth-order valence-corrected chi connectivity index (χ4v) is 2.61. The highest BCUT2D eigenvalue weighted by atomic mass is 35.5. The highest BCUT2D eigenvalue weighted by Gasteiger charge is 2.64. The van der Waals surface area contributed by atoms with Crippen LogP contribution in [0.4, 0.5) is 28.0 Å².